The van der Waals surface area contributed by atoms with Crippen molar-refractivity contribution in [3.63, 3.8) is 0 Å². The van der Waals surface area contributed by atoms with E-state index in [1.807, 2.05) is 4.72 Å². The summed E-state index contributed by atoms with van der Waals surface area (Å²) < 4.78 is 59.8. The van der Waals surface area contributed by atoms with Crippen molar-refractivity contribution < 1.29 is 31.7 Å². The van der Waals surface area contributed by atoms with Gasteiger partial charge in [0.25, 0.3) is 0 Å². The van der Waals surface area contributed by atoms with Gasteiger partial charge in [0.1, 0.15) is 16.0 Å². The van der Waals surface area contributed by atoms with Gasteiger partial charge in [0, 0.05) is 0 Å². The number of ether oxygens (including phenoxy) is 1. The van der Waals surface area contributed by atoms with E-state index in [1.165, 1.54) is 13.0 Å². The van der Waals surface area contributed by atoms with Crippen molar-refractivity contribution in [1.82, 2.24) is 4.72 Å². The zero-order valence-electron chi connectivity index (χ0n) is 14.9. The fourth-order valence-electron chi connectivity index (χ4n) is 2.13. The van der Waals surface area contributed by atoms with Crippen molar-refractivity contribution in [2.24, 2.45) is 10.3 Å². The number of nitrogens with zero attached hydrogens (tertiary/aromatic N) is 1. The SMILES string of the molecule is C=CC[C@H](C)CS(=O)(=NC(=O)C(F)(F)F)NC(=O)O[C@@H](C)c1ccccc1. The van der Waals surface area contributed by atoms with Crippen LogP contribution in [-0.2, 0) is 19.4 Å². The van der Waals surface area contributed by atoms with Crippen LogP contribution in [0, 0.1) is 5.92 Å². The monoisotopic (exact) mass is 406 g/mol. The standard InChI is InChI=1S/C17H21F3N2O4S/c1-4-8-12(2)11-27(25,21-15(23)17(18,19)20)22-16(24)26-13(3)14-9-6-5-7-10-14/h4-7,9-10,12-13H,1,8,11H2,2-3H3,(H,21,22,23,24,25)/t12-,13-,27?/m0/s1. The first-order valence-electron chi connectivity index (χ1n) is 7.97. The first-order valence-corrected chi connectivity index (χ1v) is 9.65. The van der Waals surface area contributed by atoms with Crippen LogP contribution in [0.4, 0.5) is 18.0 Å². The van der Waals surface area contributed by atoms with Crippen molar-refractivity contribution in [2.75, 3.05) is 5.75 Å². The van der Waals surface area contributed by atoms with Gasteiger partial charge in [-0.2, -0.15) is 13.2 Å². The van der Waals surface area contributed by atoms with Gasteiger partial charge in [-0.15, -0.1) is 10.9 Å². The highest BCUT2D eigenvalue weighted by atomic mass is 32.2. The van der Waals surface area contributed by atoms with Crippen LogP contribution in [0.1, 0.15) is 31.9 Å². The Morgan fingerprint density at radius 3 is 2.41 bits per heavy atom. The minimum Gasteiger partial charge on any atom is -0.441 e. The highest BCUT2D eigenvalue weighted by Crippen LogP contribution is 2.20. The van der Waals surface area contributed by atoms with Gasteiger partial charge in [-0.25, -0.2) is 13.7 Å². The largest absolute Gasteiger partial charge is 0.474 e. The molecule has 6 nitrogen and oxygen atoms in total. The average Bonchev–Trinajstić information content (AvgIpc) is 2.54. The normalized spacial score (nSPS) is 15.7. The van der Waals surface area contributed by atoms with Crippen molar-refractivity contribution >= 4 is 21.9 Å². The second-order valence-electron chi connectivity index (χ2n) is 5.89. The van der Waals surface area contributed by atoms with Crippen molar-refractivity contribution in [3.8, 4) is 0 Å². The second kappa shape index (κ2) is 9.54. The Bertz CT molecular complexity index is 787. The third kappa shape index (κ3) is 7.81. The molecule has 1 unspecified atom stereocenters. The van der Waals surface area contributed by atoms with Gasteiger partial charge in [-0.1, -0.05) is 43.3 Å². The fraction of sp³-hybridized carbons (Fsp3) is 0.412. The lowest BCUT2D eigenvalue weighted by Crippen LogP contribution is -2.37. The number of halogens is 3. The van der Waals surface area contributed by atoms with Gasteiger partial charge in [0.15, 0.2) is 0 Å². The van der Waals surface area contributed by atoms with Crippen molar-refractivity contribution in [2.45, 2.75) is 32.5 Å². The minimum atomic E-state index is -5.30. The molecular formula is C17H21F3N2O4S. The van der Waals surface area contributed by atoms with E-state index >= 15 is 0 Å². The summed E-state index contributed by atoms with van der Waals surface area (Å²) in [6.07, 6.45) is -5.50. The molecule has 3 atom stereocenters. The topological polar surface area (TPSA) is 84.8 Å². The number of benzene rings is 1. The Morgan fingerprint density at radius 1 is 1.30 bits per heavy atom. The second-order valence-corrected chi connectivity index (χ2v) is 7.89. The number of allylic oxidation sites excluding steroid dienone is 1. The summed E-state index contributed by atoms with van der Waals surface area (Å²) >= 11 is 0. The van der Waals surface area contributed by atoms with Crippen LogP contribution in [0.3, 0.4) is 0 Å². The molecule has 1 aromatic rings. The van der Waals surface area contributed by atoms with Gasteiger partial charge in [0.05, 0.1) is 5.75 Å². The van der Waals surface area contributed by atoms with Crippen LogP contribution in [0.25, 0.3) is 0 Å². The molecule has 1 aromatic carbocycles. The Labute approximate surface area is 156 Å². The molecule has 0 aliphatic rings. The molecule has 0 radical (unpaired) electrons. The zero-order chi connectivity index (χ0) is 20.7. The zero-order valence-corrected chi connectivity index (χ0v) is 15.7. The maximum Gasteiger partial charge on any atom is 0.474 e. The van der Waals surface area contributed by atoms with Crippen LogP contribution in [0.2, 0.25) is 0 Å². The predicted octanol–water partition coefficient (Wildman–Crippen LogP) is 4.16. The molecule has 0 aliphatic carbocycles. The Kier molecular flexibility index (Phi) is 8.01. The van der Waals surface area contributed by atoms with E-state index in [4.69, 9.17) is 4.74 Å². The maximum atomic E-state index is 12.7. The van der Waals surface area contributed by atoms with Crippen molar-refractivity contribution in [1.29, 1.82) is 0 Å². The first-order chi connectivity index (χ1) is 12.5. The van der Waals surface area contributed by atoms with Crippen LogP contribution >= 0.6 is 0 Å². The molecule has 150 valence electrons. The number of nitrogens with one attached hydrogen (secondary N) is 1. The third-order valence-electron chi connectivity index (χ3n) is 3.35. The summed E-state index contributed by atoms with van der Waals surface area (Å²) in [5, 5.41) is 0. The van der Waals surface area contributed by atoms with E-state index in [0.29, 0.717) is 12.0 Å². The van der Waals surface area contributed by atoms with E-state index in [0.717, 1.165) is 0 Å². The molecule has 1 N–H and O–H groups in total. The average molecular weight is 406 g/mol. The molecule has 0 aliphatic heterocycles. The summed E-state index contributed by atoms with van der Waals surface area (Å²) in [7, 11) is -4.04. The summed E-state index contributed by atoms with van der Waals surface area (Å²) in [5.41, 5.74) is 0.627. The lowest BCUT2D eigenvalue weighted by Gasteiger charge is -2.18. The predicted molar refractivity (Wildman–Crippen MR) is 95.0 cm³/mol. The van der Waals surface area contributed by atoms with Gasteiger partial charge < -0.3 is 4.74 Å². The van der Waals surface area contributed by atoms with Crippen molar-refractivity contribution in [3.05, 3.63) is 48.6 Å². The number of hydrogen-bond acceptors (Lipinski definition) is 4. The summed E-state index contributed by atoms with van der Waals surface area (Å²) in [6.45, 7) is 6.60. The number of rotatable bonds is 7. The lowest BCUT2D eigenvalue weighted by atomic mass is 10.1. The molecule has 0 aromatic heterocycles. The molecule has 0 saturated carbocycles. The molecule has 0 heterocycles. The quantitative estimate of drug-likeness (QED) is 0.689. The fourth-order valence-corrected chi connectivity index (χ4v) is 3.92. The molecule has 0 bridgehead atoms. The molecule has 2 amide bonds. The molecule has 0 spiro atoms. The number of hydrogen-bond donors (Lipinski definition) is 1. The van der Waals surface area contributed by atoms with E-state index in [2.05, 4.69) is 10.9 Å². The van der Waals surface area contributed by atoms with Gasteiger partial charge in [-0.3, -0.25) is 4.79 Å². The van der Waals surface area contributed by atoms with Gasteiger partial charge in [-0.05, 0) is 24.8 Å². The van der Waals surface area contributed by atoms with E-state index < -0.39 is 45.9 Å². The Hall–Kier alpha value is -2.36. The van der Waals surface area contributed by atoms with Gasteiger partial charge >= 0.3 is 18.2 Å². The van der Waals surface area contributed by atoms with E-state index in [9.17, 15) is 27.0 Å². The summed E-state index contributed by atoms with van der Waals surface area (Å²) in [4.78, 5) is 23.2. The van der Waals surface area contributed by atoms with Crippen LogP contribution in [0.5, 0.6) is 0 Å². The van der Waals surface area contributed by atoms with Crippen LogP contribution in [-0.4, -0.2) is 28.1 Å². The number of amides is 2. The third-order valence-corrected chi connectivity index (χ3v) is 5.32. The Morgan fingerprint density at radius 2 is 1.89 bits per heavy atom. The smallest absolute Gasteiger partial charge is 0.441 e. The summed E-state index contributed by atoms with van der Waals surface area (Å²) in [5.74, 6) is -3.43. The lowest BCUT2D eigenvalue weighted by molar-refractivity contribution is -0.169. The van der Waals surface area contributed by atoms with E-state index in [1.54, 1.807) is 37.3 Å². The molecule has 10 heteroatoms. The molecular weight excluding hydrogens is 385 g/mol. The molecule has 27 heavy (non-hydrogen) atoms. The van der Waals surface area contributed by atoms with Gasteiger partial charge in [0.2, 0.25) is 0 Å². The Balaban J connectivity index is 3.00. The van der Waals surface area contributed by atoms with Crippen LogP contribution in [0.15, 0.2) is 47.3 Å². The maximum absolute atomic E-state index is 12.7. The first kappa shape index (κ1) is 22.7. The highest BCUT2D eigenvalue weighted by molar-refractivity contribution is 7.92. The highest BCUT2D eigenvalue weighted by Gasteiger charge is 2.40. The molecule has 0 fully saturated rings. The van der Waals surface area contributed by atoms with Crippen LogP contribution < -0.4 is 4.72 Å². The molecule has 0 saturated heterocycles. The number of carbonyl (C=O) groups excluding carboxylic acids is 2. The molecule has 1 rings (SSSR count). The summed E-state index contributed by atoms with van der Waals surface area (Å²) in [6, 6.07) is 8.54. The number of alkyl halides is 3. The van der Waals surface area contributed by atoms with E-state index in [-0.39, 0.29) is 0 Å². The number of carbonyl (C=O) groups is 2. The minimum absolute atomic E-state index is 0.309.